The number of aromatic nitrogens is 2. The second kappa shape index (κ2) is 6.23. The van der Waals surface area contributed by atoms with Crippen LogP contribution in [0.4, 0.5) is 0 Å². The third kappa shape index (κ3) is 3.77. The Kier molecular flexibility index (Phi) is 5.25. The molecule has 0 saturated carbocycles. The summed E-state index contributed by atoms with van der Waals surface area (Å²) < 4.78 is 1.84. The van der Waals surface area contributed by atoms with Crippen molar-refractivity contribution in [3.8, 4) is 0 Å². The number of hydrogen-bond acceptors (Lipinski definition) is 3. The summed E-state index contributed by atoms with van der Waals surface area (Å²) in [7, 11) is 6.10. The predicted octanol–water partition coefficient (Wildman–Crippen LogP) is 1.42. The predicted molar refractivity (Wildman–Crippen MR) is 67.8 cm³/mol. The molecule has 0 amide bonds. The fraction of sp³-hybridized carbons (Fsp3) is 0.727. The van der Waals surface area contributed by atoms with Crippen LogP contribution in [0.2, 0.25) is 5.02 Å². The molecule has 5 heteroatoms. The van der Waals surface area contributed by atoms with Gasteiger partial charge in [-0.3, -0.25) is 4.68 Å². The first-order valence-electron chi connectivity index (χ1n) is 5.55. The summed E-state index contributed by atoms with van der Waals surface area (Å²) in [5, 5.41) is 8.43. The van der Waals surface area contributed by atoms with E-state index in [-0.39, 0.29) is 0 Å². The van der Waals surface area contributed by atoms with Crippen molar-refractivity contribution in [2.24, 2.45) is 7.05 Å². The van der Waals surface area contributed by atoms with Crippen LogP contribution in [0, 0.1) is 6.92 Å². The van der Waals surface area contributed by atoms with Gasteiger partial charge >= 0.3 is 0 Å². The molecule has 0 fully saturated rings. The summed E-state index contributed by atoms with van der Waals surface area (Å²) in [6.07, 6.45) is 1.14. The third-order valence-corrected chi connectivity index (χ3v) is 3.00. The van der Waals surface area contributed by atoms with Crippen molar-refractivity contribution in [3.63, 3.8) is 0 Å². The van der Waals surface area contributed by atoms with Gasteiger partial charge in [0.1, 0.15) is 0 Å². The van der Waals surface area contributed by atoms with Gasteiger partial charge in [0.2, 0.25) is 0 Å². The summed E-state index contributed by atoms with van der Waals surface area (Å²) in [5.41, 5.74) is 1.96. The molecule has 0 aromatic carbocycles. The number of nitrogens with zero attached hydrogens (tertiary/aromatic N) is 3. The van der Waals surface area contributed by atoms with Crippen LogP contribution < -0.4 is 5.32 Å². The highest BCUT2D eigenvalue weighted by molar-refractivity contribution is 6.31. The van der Waals surface area contributed by atoms with E-state index in [9.17, 15) is 0 Å². The molecule has 1 aromatic heterocycles. The largest absolute Gasteiger partial charge is 0.311 e. The lowest BCUT2D eigenvalue weighted by molar-refractivity contribution is 0.393. The van der Waals surface area contributed by atoms with Gasteiger partial charge < -0.3 is 10.2 Å². The normalized spacial score (nSPS) is 11.4. The molecule has 0 aliphatic carbocycles. The van der Waals surface area contributed by atoms with Crippen molar-refractivity contribution in [1.82, 2.24) is 20.0 Å². The highest BCUT2D eigenvalue weighted by Gasteiger charge is 2.09. The summed E-state index contributed by atoms with van der Waals surface area (Å²) in [6, 6.07) is 0. The fourth-order valence-corrected chi connectivity index (χ4v) is 1.83. The molecule has 92 valence electrons. The van der Waals surface area contributed by atoms with E-state index in [1.54, 1.807) is 0 Å². The monoisotopic (exact) mass is 244 g/mol. The topological polar surface area (TPSA) is 33.1 Å². The molecular formula is C11H21ClN4. The lowest BCUT2D eigenvalue weighted by Crippen LogP contribution is -2.22. The Morgan fingerprint density at radius 2 is 2.12 bits per heavy atom. The molecule has 0 saturated heterocycles. The Morgan fingerprint density at radius 1 is 1.44 bits per heavy atom. The first kappa shape index (κ1) is 13.5. The van der Waals surface area contributed by atoms with Crippen LogP contribution in [0.3, 0.4) is 0 Å². The van der Waals surface area contributed by atoms with Gasteiger partial charge in [-0.15, -0.1) is 0 Å². The minimum Gasteiger partial charge on any atom is -0.311 e. The zero-order valence-electron chi connectivity index (χ0n) is 10.5. The Hall–Kier alpha value is -0.580. The van der Waals surface area contributed by atoms with Crippen LogP contribution in [0.5, 0.6) is 0 Å². The van der Waals surface area contributed by atoms with Gasteiger partial charge in [-0.05, 0) is 40.5 Å². The maximum absolute atomic E-state index is 6.15. The van der Waals surface area contributed by atoms with Crippen LogP contribution in [-0.4, -0.2) is 41.9 Å². The van der Waals surface area contributed by atoms with E-state index in [4.69, 9.17) is 11.6 Å². The number of aryl methyl sites for hydroxylation is 2. The van der Waals surface area contributed by atoms with E-state index in [0.717, 1.165) is 42.5 Å². The Bertz CT molecular complexity index is 333. The zero-order chi connectivity index (χ0) is 12.1. The van der Waals surface area contributed by atoms with E-state index in [1.165, 1.54) is 0 Å². The molecule has 4 nitrogen and oxygen atoms in total. The minimum atomic E-state index is 0.780. The lowest BCUT2D eigenvalue weighted by Gasteiger charge is -2.10. The quantitative estimate of drug-likeness (QED) is 0.769. The van der Waals surface area contributed by atoms with Gasteiger partial charge in [0.15, 0.2) is 0 Å². The van der Waals surface area contributed by atoms with E-state index in [2.05, 4.69) is 29.4 Å². The van der Waals surface area contributed by atoms with Crippen molar-refractivity contribution >= 4 is 11.6 Å². The second-order valence-electron chi connectivity index (χ2n) is 4.30. The molecule has 1 heterocycles. The van der Waals surface area contributed by atoms with Crippen LogP contribution >= 0.6 is 11.6 Å². The molecule has 0 aliphatic rings. The molecular weight excluding hydrogens is 224 g/mol. The molecule has 0 unspecified atom stereocenters. The maximum atomic E-state index is 6.15. The van der Waals surface area contributed by atoms with Gasteiger partial charge in [-0.25, -0.2) is 0 Å². The molecule has 0 radical (unpaired) electrons. The lowest BCUT2D eigenvalue weighted by atomic mass is 10.3. The average Bonchev–Trinajstić information content (AvgIpc) is 2.43. The van der Waals surface area contributed by atoms with Crippen LogP contribution in [0.1, 0.15) is 17.8 Å². The Morgan fingerprint density at radius 3 is 2.62 bits per heavy atom. The van der Waals surface area contributed by atoms with Crippen molar-refractivity contribution < 1.29 is 0 Å². The second-order valence-corrected chi connectivity index (χ2v) is 4.68. The summed E-state index contributed by atoms with van der Waals surface area (Å²) >= 11 is 6.15. The van der Waals surface area contributed by atoms with Crippen LogP contribution in [0.15, 0.2) is 0 Å². The van der Waals surface area contributed by atoms with Gasteiger partial charge in [0, 0.05) is 13.6 Å². The number of nitrogens with one attached hydrogen (secondary N) is 1. The van der Waals surface area contributed by atoms with E-state index >= 15 is 0 Å². The summed E-state index contributed by atoms with van der Waals surface area (Å²) in [5.74, 6) is 0. The molecule has 0 atom stereocenters. The molecule has 16 heavy (non-hydrogen) atoms. The molecule has 0 aliphatic heterocycles. The van der Waals surface area contributed by atoms with Gasteiger partial charge in [-0.1, -0.05) is 11.6 Å². The fourth-order valence-electron chi connectivity index (χ4n) is 1.60. The first-order valence-corrected chi connectivity index (χ1v) is 5.93. The molecule has 1 rings (SSSR count). The molecule has 0 bridgehead atoms. The van der Waals surface area contributed by atoms with Gasteiger partial charge in [0.05, 0.1) is 16.4 Å². The molecule has 0 spiro atoms. The number of hydrogen-bond donors (Lipinski definition) is 1. The van der Waals surface area contributed by atoms with E-state index in [0.29, 0.717) is 0 Å². The highest BCUT2D eigenvalue weighted by atomic mass is 35.5. The number of rotatable bonds is 6. The van der Waals surface area contributed by atoms with Crippen LogP contribution in [-0.2, 0) is 13.6 Å². The van der Waals surface area contributed by atoms with Gasteiger partial charge in [0.25, 0.3) is 0 Å². The van der Waals surface area contributed by atoms with Gasteiger partial charge in [-0.2, -0.15) is 5.10 Å². The zero-order valence-corrected chi connectivity index (χ0v) is 11.3. The standard InChI is InChI=1S/C11H21ClN4/c1-9-11(12)10(16(4)14-9)8-13-6-5-7-15(2)3/h13H,5-8H2,1-4H3. The van der Waals surface area contributed by atoms with Crippen molar-refractivity contribution in [1.29, 1.82) is 0 Å². The Labute approximate surface area is 103 Å². The van der Waals surface area contributed by atoms with Crippen molar-refractivity contribution in [2.75, 3.05) is 27.2 Å². The Balaban J connectivity index is 2.32. The van der Waals surface area contributed by atoms with E-state index < -0.39 is 0 Å². The highest BCUT2D eigenvalue weighted by Crippen LogP contribution is 2.18. The first-order chi connectivity index (χ1) is 7.52. The van der Waals surface area contributed by atoms with E-state index in [1.807, 2.05) is 18.7 Å². The molecule has 1 N–H and O–H groups in total. The smallest absolute Gasteiger partial charge is 0.0860 e. The summed E-state index contributed by atoms with van der Waals surface area (Å²) in [4.78, 5) is 2.18. The average molecular weight is 245 g/mol. The third-order valence-electron chi connectivity index (χ3n) is 2.51. The maximum Gasteiger partial charge on any atom is 0.0860 e. The summed E-state index contributed by atoms with van der Waals surface area (Å²) in [6.45, 7) is 4.81. The van der Waals surface area contributed by atoms with Crippen molar-refractivity contribution in [2.45, 2.75) is 19.9 Å². The van der Waals surface area contributed by atoms with Crippen LogP contribution in [0.25, 0.3) is 0 Å². The minimum absolute atomic E-state index is 0.780. The molecule has 1 aromatic rings. The SMILES string of the molecule is Cc1nn(C)c(CNCCCN(C)C)c1Cl. The number of halogens is 1. The van der Waals surface area contributed by atoms with Crippen molar-refractivity contribution in [3.05, 3.63) is 16.4 Å².